The van der Waals surface area contributed by atoms with Crippen LogP contribution in [-0.4, -0.2) is 29.2 Å². The number of hydrogen-bond acceptors (Lipinski definition) is 4. The van der Waals surface area contributed by atoms with Crippen LogP contribution in [0.2, 0.25) is 0 Å². The number of halogens is 4. The number of nitrogens with two attached hydrogens (primary N) is 1. The Bertz CT molecular complexity index is 896. The average molecular weight is 430 g/mol. The molecule has 0 unspecified atom stereocenters. The molecule has 0 bridgehead atoms. The Morgan fingerprint density at radius 2 is 1.71 bits per heavy atom. The first-order valence-electron chi connectivity index (χ1n) is 8.17. The van der Waals surface area contributed by atoms with Gasteiger partial charge in [0.05, 0.1) is 11.4 Å². The molecule has 0 spiro atoms. The lowest BCUT2D eigenvalue weighted by Gasteiger charge is -2.09. The Kier molecular flexibility index (Phi) is 7.40. The molecular weight excluding hydrogens is 411 g/mol. The maximum atomic E-state index is 13.2. The van der Waals surface area contributed by atoms with E-state index in [0.29, 0.717) is 35.8 Å². The number of ether oxygens (including phenoxy) is 1. The molecule has 0 fully saturated rings. The van der Waals surface area contributed by atoms with E-state index in [1.807, 2.05) is 18.4 Å². The van der Waals surface area contributed by atoms with Crippen LogP contribution in [0.4, 0.5) is 13.2 Å². The highest BCUT2D eigenvalue weighted by molar-refractivity contribution is 7.98. The Balaban J connectivity index is 0.00000280. The van der Waals surface area contributed by atoms with Crippen LogP contribution in [0.5, 0.6) is 5.75 Å². The van der Waals surface area contributed by atoms with Crippen LogP contribution in [0, 0.1) is 0 Å². The van der Waals surface area contributed by atoms with Crippen LogP contribution >= 0.6 is 24.2 Å². The van der Waals surface area contributed by atoms with E-state index < -0.39 is 11.9 Å². The fourth-order valence-electron chi connectivity index (χ4n) is 2.54. The SMILES string of the molecule is CSc1ccc(-n2nc(C(F)(F)F)cc2-c2ccc(OCCN)cc2)cc1.Cl. The minimum Gasteiger partial charge on any atom is -0.492 e. The lowest BCUT2D eigenvalue weighted by Crippen LogP contribution is -2.10. The molecule has 0 aliphatic heterocycles. The summed E-state index contributed by atoms with van der Waals surface area (Å²) in [6.07, 6.45) is -2.59. The summed E-state index contributed by atoms with van der Waals surface area (Å²) >= 11 is 1.56. The summed E-state index contributed by atoms with van der Waals surface area (Å²) in [7, 11) is 0. The van der Waals surface area contributed by atoms with Crippen molar-refractivity contribution in [1.82, 2.24) is 9.78 Å². The van der Waals surface area contributed by atoms with Gasteiger partial charge in [-0.05, 0) is 60.9 Å². The molecule has 4 nitrogen and oxygen atoms in total. The normalized spacial score (nSPS) is 11.2. The minimum absolute atomic E-state index is 0. The summed E-state index contributed by atoms with van der Waals surface area (Å²) in [4.78, 5) is 1.02. The van der Waals surface area contributed by atoms with Gasteiger partial charge in [-0.15, -0.1) is 24.2 Å². The second-order valence-corrected chi connectivity index (χ2v) is 6.56. The molecule has 150 valence electrons. The van der Waals surface area contributed by atoms with Gasteiger partial charge in [-0.1, -0.05) is 0 Å². The first-order valence-corrected chi connectivity index (χ1v) is 9.40. The summed E-state index contributed by atoms with van der Waals surface area (Å²) in [6, 6.07) is 15.1. The van der Waals surface area contributed by atoms with Gasteiger partial charge in [0.1, 0.15) is 12.4 Å². The monoisotopic (exact) mass is 429 g/mol. The van der Waals surface area contributed by atoms with Crippen molar-refractivity contribution in [3.8, 4) is 22.7 Å². The number of benzene rings is 2. The molecule has 0 saturated heterocycles. The molecule has 1 heterocycles. The Labute approximate surface area is 171 Å². The zero-order valence-corrected chi connectivity index (χ0v) is 16.6. The van der Waals surface area contributed by atoms with E-state index in [0.717, 1.165) is 11.0 Å². The van der Waals surface area contributed by atoms with Crippen LogP contribution < -0.4 is 10.5 Å². The molecule has 9 heteroatoms. The highest BCUT2D eigenvalue weighted by Crippen LogP contribution is 2.34. The summed E-state index contributed by atoms with van der Waals surface area (Å²) in [6.45, 7) is 0.757. The average Bonchev–Trinajstić information content (AvgIpc) is 3.13. The van der Waals surface area contributed by atoms with Gasteiger partial charge in [-0.3, -0.25) is 0 Å². The van der Waals surface area contributed by atoms with Gasteiger partial charge in [-0.2, -0.15) is 18.3 Å². The van der Waals surface area contributed by atoms with Crippen LogP contribution in [-0.2, 0) is 6.18 Å². The zero-order chi connectivity index (χ0) is 19.4. The minimum atomic E-state index is -4.52. The van der Waals surface area contributed by atoms with E-state index >= 15 is 0 Å². The molecule has 0 atom stereocenters. The van der Waals surface area contributed by atoms with E-state index in [1.54, 1.807) is 48.2 Å². The van der Waals surface area contributed by atoms with Crippen LogP contribution in [0.1, 0.15) is 5.69 Å². The highest BCUT2D eigenvalue weighted by atomic mass is 35.5. The molecule has 3 aromatic rings. The summed E-state index contributed by atoms with van der Waals surface area (Å²) in [5, 5.41) is 3.79. The molecule has 0 amide bonds. The third-order valence-corrected chi connectivity index (χ3v) is 4.60. The lowest BCUT2D eigenvalue weighted by atomic mass is 10.1. The maximum absolute atomic E-state index is 13.2. The third kappa shape index (κ3) is 5.01. The molecule has 2 aromatic carbocycles. The number of hydrogen-bond donors (Lipinski definition) is 1. The Morgan fingerprint density at radius 1 is 1.07 bits per heavy atom. The molecule has 2 N–H and O–H groups in total. The van der Waals surface area contributed by atoms with Gasteiger partial charge in [0, 0.05) is 17.0 Å². The maximum Gasteiger partial charge on any atom is 0.435 e. The third-order valence-electron chi connectivity index (χ3n) is 3.85. The van der Waals surface area contributed by atoms with Crippen molar-refractivity contribution in [3.05, 3.63) is 60.3 Å². The number of alkyl halides is 3. The van der Waals surface area contributed by atoms with E-state index in [-0.39, 0.29) is 12.4 Å². The van der Waals surface area contributed by atoms with Crippen molar-refractivity contribution in [1.29, 1.82) is 0 Å². The van der Waals surface area contributed by atoms with Crippen LogP contribution in [0.15, 0.2) is 59.5 Å². The van der Waals surface area contributed by atoms with Gasteiger partial charge in [0.15, 0.2) is 5.69 Å². The van der Waals surface area contributed by atoms with E-state index in [1.165, 1.54) is 4.68 Å². The smallest absolute Gasteiger partial charge is 0.435 e. The molecule has 0 saturated carbocycles. The van der Waals surface area contributed by atoms with Crippen molar-refractivity contribution in [2.75, 3.05) is 19.4 Å². The molecule has 0 aliphatic rings. The van der Waals surface area contributed by atoms with Gasteiger partial charge in [0.2, 0.25) is 0 Å². The molecule has 1 aromatic heterocycles. The van der Waals surface area contributed by atoms with Crippen molar-refractivity contribution in [3.63, 3.8) is 0 Å². The summed E-state index contributed by atoms with van der Waals surface area (Å²) < 4.78 is 46.4. The van der Waals surface area contributed by atoms with Crippen molar-refractivity contribution >= 4 is 24.2 Å². The van der Waals surface area contributed by atoms with Crippen LogP contribution in [0.3, 0.4) is 0 Å². The Morgan fingerprint density at radius 3 is 2.25 bits per heavy atom. The van der Waals surface area contributed by atoms with Gasteiger partial charge in [-0.25, -0.2) is 4.68 Å². The predicted octanol–water partition coefficient (Wildman–Crippen LogP) is 5.04. The molecular formula is C19H19ClF3N3OS. The molecule has 0 aliphatic carbocycles. The number of rotatable bonds is 6. The van der Waals surface area contributed by atoms with Crippen molar-refractivity contribution < 1.29 is 17.9 Å². The van der Waals surface area contributed by atoms with Gasteiger partial charge >= 0.3 is 6.18 Å². The van der Waals surface area contributed by atoms with Gasteiger partial charge in [0.25, 0.3) is 0 Å². The predicted molar refractivity (Wildman–Crippen MR) is 108 cm³/mol. The zero-order valence-electron chi connectivity index (χ0n) is 14.9. The molecule has 28 heavy (non-hydrogen) atoms. The topological polar surface area (TPSA) is 53.1 Å². The van der Waals surface area contributed by atoms with Crippen LogP contribution in [0.25, 0.3) is 16.9 Å². The fourth-order valence-corrected chi connectivity index (χ4v) is 2.95. The standard InChI is InChI=1S/C19H18F3N3OS.ClH/c1-27-16-8-4-14(5-9-16)25-17(12-18(24-25)19(20,21)22)13-2-6-15(7-3-13)26-11-10-23;/h2-9,12H,10-11,23H2,1H3;1H. The van der Waals surface area contributed by atoms with Gasteiger partial charge < -0.3 is 10.5 Å². The largest absolute Gasteiger partial charge is 0.492 e. The first-order chi connectivity index (χ1) is 12.9. The van der Waals surface area contributed by atoms with Crippen molar-refractivity contribution in [2.45, 2.75) is 11.1 Å². The number of nitrogens with zero attached hydrogens (tertiary/aromatic N) is 2. The molecule has 0 radical (unpaired) electrons. The quantitative estimate of drug-likeness (QED) is 0.558. The van der Waals surface area contributed by atoms with E-state index in [2.05, 4.69) is 5.10 Å². The lowest BCUT2D eigenvalue weighted by molar-refractivity contribution is -0.141. The fraction of sp³-hybridized carbons (Fsp3) is 0.211. The highest BCUT2D eigenvalue weighted by Gasteiger charge is 2.35. The second kappa shape index (κ2) is 9.36. The first kappa shape index (κ1) is 22.1. The molecule has 3 rings (SSSR count). The number of aromatic nitrogens is 2. The number of thioether (sulfide) groups is 1. The summed E-state index contributed by atoms with van der Waals surface area (Å²) in [5.41, 5.74) is 5.98. The van der Waals surface area contributed by atoms with E-state index in [9.17, 15) is 13.2 Å². The Hall–Kier alpha value is -2.16. The summed E-state index contributed by atoms with van der Waals surface area (Å²) in [5.74, 6) is 0.607. The van der Waals surface area contributed by atoms with E-state index in [4.69, 9.17) is 10.5 Å². The van der Waals surface area contributed by atoms with Crippen molar-refractivity contribution in [2.24, 2.45) is 5.73 Å². The second-order valence-electron chi connectivity index (χ2n) is 5.68.